The summed E-state index contributed by atoms with van der Waals surface area (Å²) in [5, 5.41) is 4.69. The highest BCUT2D eigenvalue weighted by Gasteiger charge is 2.30. The Labute approximate surface area is 172 Å². The molecule has 0 fully saturated rings. The Balaban J connectivity index is 1.65. The fourth-order valence-electron chi connectivity index (χ4n) is 3.16. The van der Waals surface area contributed by atoms with Crippen LogP contribution in [0.4, 0.5) is 4.39 Å². The van der Waals surface area contributed by atoms with E-state index in [1.165, 1.54) is 28.6 Å². The Kier molecular flexibility index (Phi) is 5.53. The van der Waals surface area contributed by atoms with Gasteiger partial charge >= 0.3 is 0 Å². The molecular weight excluding hydrogens is 393 g/mol. The van der Waals surface area contributed by atoms with Gasteiger partial charge in [0.1, 0.15) is 5.82 Å². The topological polar surface area (TPSA) is 66.2 Å². The van der Waals surface area contributed by atoms with Crippen LogP contribution >= 0.6 is 11.8 Å². The first-order valence-electron chi connectivity index (χ1n) is 9.41. The molecule has 0 N–H and O–H groups in total. The molecule has 0 bridgehead atoms. The molecule has 4 rings (SSSR count). The number of carbonyl (C=O) groups is 1. The number of nitrogens with zero attached hydrogens (tertiary/aromatic N) is 3. The van der Waals surface area contributed by atoms with E-state index in [1.807, 2.05) is 38.1 Å². The average molecular weight is 413 g/mol. The Morgan fingerprint density at radius 2 is 1.93 bits per heavy atom. The van der Waals surface area contributed by atoms with Crippen LogP contribution in [0, 0.1) is 5.82 Å². The van der Waals surface area contributed by atoms with Crippen molar-refractivity contribution in [3.05, 3.63) is 53.8 Å². The highest BCUT2D eigenvalue weighted by atomic mass is 32.2. The first kappa shape index (κ1) is 19.4. The highest BCUT2D eigenvalue weighted by molar-refractivity contribution is 7.99. The summed E-state index contributed by atoms with van der Waals surface area (Å²) in [5.41, 5.74) is 1.49. The van der Waals surface area contributed by atoms with E-state index in [0.717, 1.165) is 11.1 Å². The van der Waals surface area contributed by atoms with Crippen LogP contribution in [0.15, 0.2) is 47.6 Å². The Morgan fingerprint density at radius 3 is 2.69 bits per heavy atom. The van der Waals surface area contributed by atoms with Gasteiger partial charge in [0.2, 0.25) is 0 Å². The number of benzene rings is 2. The molecule has 2 aromatic carbocycles. The first-order chi connectivity index (χ1) is 14.1. The summed E-state index contributed by atoms with van der Waals surface area (Å²) < 4.78 is 26.2. The van der Waals surface area contributed by atoms with Crippen molar-refractivity contribution in [3.8, 4) is 22.9 Å². The number of rotatable bonds is 6. The monoisotopic (exact) mass is 413 g/mol. The second kappa shape index (κ2) is 8.24. The molecule has 29 heavy (non-hydrogen) atoms. The number of hydrogen-bond acceptors (Lipinski definition) is 6. The van der Waals surface area contributed by atoms with Gasteiger partial charge in [0.25, 0.3) is 5.91 Å². The lowest BCUT2D eigenvalue weighted by atomic mass is 10.1. The molecule has 1 atom stereocenters. The van der Waals surface area contributed by atoms with Crippen LogP contribution in [-0.2, 0) is 0 Å². The summed E-state index contributed by atoms with van der Waals surface area (Å²) in [6.45, 7) is 4.84. The van der Waals surface area contributed by atoms with E-state index in [9.17, 15) is 9.18 Å². The summed E-state index contributed by atoms with van der Waals surface area (Å²) in [5.74, 6) is 1.21. The molecule has 2 heterocycles. The number of thioether (sulfide) groups is 1. The van der Waals surface area contributed by atoms with E-state index < -0.39 is 0 Å². The summed E-state index contributed by atoms with van der Waals surface area (Å²) in [6.07, 6.45) is 0.234. The molecule has 1 aliphatic heterocycles. The predicted molar refractivity (Wildman–Crippen MR) is 108 cm³/mol. The van der Waals surface area contributed by atoms with Crippen LogP contribution in [0.2, 0.25) is 0 Å². The van der Waals surface area contributed by atoms with Crippen LogP contribution < -0.4 is 9.47 Å². The third-order valence-corrected chi connectivity index (χ3v) is 5.64. The summed E-state index contributed by atoms with van der Waals surface area (Å²) >= 11 is 1.41. The van der Waals surface area contributed by atoms with Gasteiger partial charge in [-0.05, 0) is 49.7 Å². The van der Waals surface area contributed by atoms with Gasteiger partial charge < -0.3 is 9.47 Å². The number of ether oxygens (including phenoxy) is 2. The van der Waals surface area contributed by atoms with Crippen molar-refractivity contribution in [2.45, 2.75) is 30.7 Å². The standard InChI is InChI=1S/C21H20FN3O3S/c1-3-27-16-9-8-14(11-17(16)28-4-2)20-23-21-25(24-20)19(26)12-18(29-21)13-6-5-7-15(22)10-13/h5-11,18H,3-4,12H2,1-2H3/t18-/m0/s1. The zero-order valence-electron chi connectivity index (χ0n) is 16.1. The normalized spacial score (nSPS) is 15.8. The fourth-order valence-corrected chi connectivity index (χ4v) is 4.30. The van der Waals surface area contributed by atoms with Gasteiger partial charge in [-0.2, -0.15) is 4.68 Å². The van der Waals surface area contributed by atoms with Crippen molar-refractivity contribution in [3.63, 3.8) is 0 Å². The second-order valence-corrected chi connectivity index (χ2v) is 7.59. The molecule has 3 aromatic rings. The fraction of sp³-hybridized carbons (Fsp3) is 0.286. The second-order valence-electron chi connectivity index (χ2n) is 6.42. The van der Waals surface area contributed by atoms with Gasteiger partial charge in [0.05, 0.1) is 13.2 Å². The van der Waals surface area contributed by atoms with E-state index in [-0.39, 0.29) is 23.4 Å². The van der Waals surface area contributed by atoms with Gasteiger partial charge in [-0.1, -0.05) is 23.9 Å². The van der Waals surface area contributed by atoms with Crippen LogP contribution in [-0.4, -0.2) is 33.9 Å². The first-order valence-corrected chi connectivity index (χ1v) is 10.3. The van der Waals surface area contributed by atoms with E-state index in [4.69, 9.17) is 9.47 Å². The van der Waals surface area contributed by atoms with Crippen molar-refractivity contribution in [1.29, 1.82) is 0 Å². The van der Waals surface area contributed by atoms with Gasteiger partial charge in [-0.3, -0.25) is 4.79 Å². The maximum atomic E-state index is 13.6. The van der Waals surface area contributed by atoms with Crippen LogP contribution in [0.3, 0.4) is 0 Å². The predicted octanol–water partition coefficient (Wildman–Crippen LogP) is 4.76. The third-order valence-electron chi connectivity index (χ3n) is 4.44. The largest absolute Gasteiger partial charge is 0.490 e. The average Bonchev–Trinajstić information content (AvgIpc) is 3.14. The number of carbonyl (C=O) groups excluding carboxylic acids is 1. The van der Waals surface area contributed by atoms with Crippen LogP contribution in [0.5, 0.6) is 11.5 Å². The summed E-state index contributed by atoms with van der Waals surface area (Å²) in [6, 6.07) is 11.8. The zero-order chi connectivity index (χ0) is 20.4. The minimum absolute atomic E-state index is 0.164. The molecule has 0 saturated heterocycles. The van der Waals surface area contributed by atoms with Crippen LogP contribution in [0.1, 0.15) is 35.9 Å². The SMILES string of the molecule is CCOc1ccc(-c2nc3n(n2)C(=O)C[C@@H](c2cccc(F)c2)S3)cc1OCC. The van der Waals surface area contributed by atoms with E-state index in [2.05, 4.69) is 10.1 Å². The van der Waals surface area contributed by atoms with Gasteiger partial charge in [-0.25, -0.2) is 9.37 Å². The molecule has 150 valence electrons. The van der Waals surface area contributed by atoms with E-state index in [0.29, 0.717) is 35.7 Å². The molecule has 0 aliphatic carbocycles. The van der Waals surface area contributed by atoms with Crippen molar-refractivity contribution in [2.24, 2.45) is 0 Å². The molecule has 8 heteroatoms. The molecule has 0 radical (unpaired) electrons. The maximum absolute atomic E-state index is 13.6. The van der Waals surface area contributed by atoms with Crippen molar-refractivity contribution in [1.82, 2.24) is 14.8 Å². The number of fused-ring (bicyclic) bond motifs is 1. The van der Waals surface area contributed by atoms with Crippen molar-refractivity contribution in [2.75, 3.05) is 13.2 Å². The molecule has 6 nitrogen and oxygen atoms in total. The molecule has 0 spiro atoms. The summed E-state index contributed by atoms with van der Waals surface area (Å²) in [7, 11) is 0. The van der Waals surface area contributed by atoms with Gasteiger partial charge in [0, 0.05) is 17.2 Å². The van der Waals surface area contributed by atoms with E-state index in [1.54, 1.807) is 6.07 Å². The minimum atomic E-state index is -0.318. The number of aromatic nitrogens is 3. The van der Waals surface area contributed by atoms with E-state index >= 15 is 0 Å². The molecular formula is C21H20FN3O3S. The number of hydrogen-bond donors (Lipinski definition) is 0. The highest BCUT2D eigenvalue weighted by Crippen LogP contribution is 2.42. The maximum Gasteiger partial charge on any atom is 0.250 e. The lowest BCUT2D eigenvalue weighted by Gasteiger charge is -2.20. The van der Waals surface area contributed by atoms with Gasteiger partial charge in [0.15, 0.2) is 22.5 Å². The Hall–Kier alpha value is -2.87. The van der Waals surface area contributed by atoms with Crippen LogP contribution in [0.25, 0.3) is 11.4 Å². The summed E-state index contributed by atoms with van der Waals surface area (Å²) in [4.78, 5) is 17.2. The van der Waals surface area contributed by atoms with Crippen molar-refractivity contribution < 1.29 is 18.7 Å². The lowest BCUT2D eigenvalue weighted by Crippen LogP contribution is -2.21. The lowest BCUT2D eigenvalue weighted by molar-refractivity contribution is 0.0868. The Bertz CT molecular complexity index is 1050. The molecule has 0 amide bonds. The smallest absolute Gasteiger partial charge is 0.250 e. The molecule has 1 aromatic heterocycles. The molecule has 1 aliphatic rings. The third kappa shape index (κ3) is 3.98. The number of halogens is 1. The quantitative estimate of drug-likeness (QED) is 0.581. The van der Waals surface area contributed by atoms with Gasteiger partial charge in [-0.15, -0.1) is 5.10 Å². The Morgan fingerprint density at radius 1 is 1.14 bits per heavy atom. The molecule has 0 saturated carbocycles. The zero-order valence-corrected chi connectivity index (χ0v) is 16.9. The molecule has 0 unspecified atom stereocenters. The minimum Gasteiger partial charge on any atom is -0.490 e. The van der Waals surface area contributed by atoms with Crippen molar-refractivity contribution >= 4 is 17.7 Å².